The van der Waals surface area contributed by atoms with E-state index in [4.69, 9.17) is 9.97 Å². The van der Waals surface area contributed by atoms with Crippen LogP contribution in [-0.4, -0.2) is 25.8 Å². The molecule has 0 saturated carbocycles. The maximum atomic E-state index is 5.50. The molecule has 5 heterocycles. The first-order chi connectivity index (χ1) is 34.5. The van der Waals surface area contributed by atoms with Crippen LogP contribution in [0.25, 0.3) is 111 Å². The average molecular weight is 911 g/mol. The molecule has 0 amide bonds. The van der Waals surface area contributed by atoms with E-state index in [0.29, 0.717) is 5.82 Å². The van der Waals surface area contributed by atoms with Gasteiger partial charge in [-0.25, -0.2) is 9.97 Å². The van der Waals surface area contributed by atoms with Crippen LogP contribution in [0.15, 0.2) is 200 Å². The standard InChI is InChI=1S/C66H51BN4/c1-65(2,3)49-29-31-51-62-59(49)47-35-44(40-19-11-7-12-20-40)27-33-55(47)70(62)57-37-46(54-39-53(42-23-15-9-16-24-42)68-64(69-54)43-25-17-10-18-26-43)38-58-61(57)67(51)52-32-30-50(66(4,5)6)60-48-36-45(41-21-13-8-14-22-41)28-34-56(48)71(58)63(52)60/h7-39H,1-6H3. The first kappa shape index (κ1) is 41.7. The van der Waals surface area contributed by atoms with Gasteiger partial charge in [-0.2, -0.15) is 0 Å². The summed E-state index contributed by atoms with van der Waals surface area (Å²) in [4.78, 5) is 10.8. The Labute approximate surface area is 415 Å². The summed E-state index contributed by atoms with van der Waals surface area (Å²) in [6.45, 7) is 14.2. The summed E-state index contributed by atoms with van der Waals surface area (Å²) in [5.74, 6) is 0.705. The molecule has 2 aliphatic rings. The highest BCUT2D eigenvalue weighted by molar-refractivity contribution is 7.00. The molecule has 71 heavy (non-hydrogen) atoms. The molecule has 0 radical (unpaired) electrons. The largest absolute Gasteiger partial charge is 0.310 e. The van der Waals surface area contributed by atoms with E-state index in [-0.39, 0.29) is 17.5 Å². The van der Waals surface area contributed by atoms with Gasteiger partial charge in [0.25, 0.3) is 6.71 Å². The molecule has 0 bridgehead atoms. The molecular weight excluding hydrogens is 860 g/mol. The van der Waals surface area contributed by atoms with Crippen LogP contribution in [0.1, 0.15) is 52.7 Å². The minimum atomic E-state index is -0.118. The minimum absolute atomic E-state index is 0.0249. The van der Waals surface area contributed by atoms with E-state index in [1.807, 2.05) is 0 Å². The summed E-state index contributed by atoms with van der Waals surface area (Å²) in [5.41, 5.74) is 23.6. The Morgan fingerprint density at radius 2 is 0.775 bits per heavy atom. The molecule has 0 aliphatic carbocycles. The Bertz CT molecular complexity index is 3890. The Kier molecular flexibility index (Phi) is 8.87. The number of hydrogen-bond acceptors (Lipinski definition) is 2. The highest BCUT2D eigenvalue weighted by Gasteiger charge is 2.43. The van der Waals surface area contributed by atoms with Crippen LogP contribution >= 0.6 is 0 Å². The average Bonchev–Trinajstić information content (AvgIpc) is 3.93. The Morgan fingerprint density at radius 3 is 1.21 bits per heavy atom. The zero-order chi connectivity index (χ0) is 47.9. The van der Waals surface area contributed by atoms with Gasteiger partial charge in [0.05, 0.1) is 22.4 Å². The molecule has 338 valence electrons. The quantitative estimate of drug-likeness (QED) is 0.161. The summed E-state index contributed by atoms with van der Waals surface area (Å²) in [5, 5.41) is 5.22. The monoisotopic (exact) mass is 910 g/mol. The van der Waals surface area contributed by atoms with Crippen molar-refractivity contribution >= 4 is 66.7 Å². The van der Waals surface area contributed by atoms with Gasteiger partial charge in [0.2, 0.25) is 0 Å². The predicted octanol–water partition coefficient (Wildman–Crippen LogP) is 14.7. The van der Waals surface area contributed by atoms with Gasteiger partial charge in [-0.05, 0) is 103 Å². The van der Waals surface area contributed by atoms with Gasteiger partial charge in [-0.15, -0.1) is 0 Å². The lowest BCUT2D eigenvalue weighted by molar-refractivity contribution is 0.596. The Balaban J connectivity index is 1.16. The minimum Gasteiger partial charge on any atom is -0.310 e. The first-order valence-electron chi connectivity index (χ1n) is 25.0. The second-order valence-electron chi connectivity index (χ2n) is 21.8. The molecule has 4 nitrogen and oxygen atoms in total. The van der Waals surface area contributed by atoms with Gasteiger partial charge in [0.1, 0.15) is 0 Å². The number of hydrogen-bond donors (Lipinski definition) is 0. The number of aromatic nitrogens is 4. The van der Waals surface area contributed by atoms with Crippen LogP contribution in [0, 0.1) is 0 Å². The van der Waals surface area contributed by atoms with E-state index in [2.05, 4.69) is 251 Å². The summed E-state index contributed by atoms with van der Waals surface area (Å²) in [7, 11) is 0. The molecule has 0 atom stereocenters. The van der Waals surface area contributed by atoms with Gasteiger partial charge in [0, 0.05) is 60.6 Å². The zero-order valence-electron chi connectivity index (χ0n) is 40.9. The van der Waals surface area contributed by atoms with E-state index in [0.717, 1.165) is 28.1 Å². The van der Waals surface area contributed by atoms with Gasteiger partial charge < -0.3 is 9.13 Å². The summed E-state index contributed by atoms with van der Waals surface area (Å²) in [6.07, 6.45) is 0. The van der Waals surface area contributed by atoms with Crippen molar-refractivity contribution < 1.29 is 0 Å². The van der Waals surface area contributed by atoms with E-state index in [1.165, 1.54) is 105 Å². The van der Waals surface area contributed by atoms with Crippen molar-refractivity contribution in [2.24, 2.45) is 0 Å². The van der Waals surface area contributed by atoms with Gasteiger partial charge in [-0.3, -0.25) is 0 Å². The smallest absolute Gasteiger partial charge is 0.252 e. The molecular formula is C66H51BN4. The number of benzene rings is 9. The van der Waals surface area contributed by atoms with Crippen molar-refractivity contribution in [3.05, 3.63) is 211 Å². The Morgan fingerprint density at radius 1 is 0.366 bits per heavy atom. The van der Waals surface area contributed by atoms with Crippen LogP contribution in [-0.2, 0) is 10.8 Å². The molecule has 0 unspecified atom stereocenters. The zero-order valence-corrected chi connectivity index (χ0v) is 40.9. The SMILES string of the molecule is CC(C)(C)c1ccc2c3c1c1cc(-c4ccccc4)ccc1n3-c1cc(-c3cc(-c4ccccc4)nc(-c4ccccc4)n3)cc3c1B2c1ccc(C(C)(C)C)c2c4cc(-c5ccccc5)ccc4n-3c12. The van der Waals surface area contributed by atoms with Crippen molar-refractivity contribution in [1.82, 2.24) is 19.1 Å². The predicted molar refractivity (Wildman–Crippen MR) is 300 cm³/mol. The maximum Gasteiger partial charge on any atom is 0.252 e. The summed E-state index contributed by atoms with van der Waals surface area (Å²) < 4.78 is 5.23. The second kappa shape index (κ2) is 15.1. The third kappa shape index (κ3) is 6.25. The van der Waals surface area contributed by atoms with Crippen molar-refractivity contribution in [2.75, 3.05) is 0 Å². The van der Waals surface area contributed by atoms with Gasteiger partial charge in [-0.1, -0.05) is 199 Å². The van der Waals surface area contributed by atoms with Crippen LogP contribution < -0.4 is 16.4 Å². The topological polar surface area (TPSA) is 35.6 Å². The normalized spacial score (nSPS) is 12.9. The van der Waals surface area contributed by atoms with Crippen LogP contribution in [0.3, 0.4) is 0 Å². The number of nitrogens with zero attached hydrogens (tertiary/aromatic N) is 4. The van der Waals surface area contributed by atoms with E-state index in [1.54, 1.807) is 0 Å². The van der Waals surface area contributed by atoms with E-state index >= 15 is 0 Å². The first-order valence-corrected chi connectivity index (χ1v) is 25.0. The lowest BCUT2D eigenvalue weighted by Gasteiger charge is -2.35. The molecule has 3 aromatic heterocycles. The second-order valence-corrected chi connectivity index (χ2v) is 21.8. The summed E-state index contributed by atoms with van der Waals surface area (Å²) >= 11 is 0. The fraction of sp³-hybridized carbons (Fsp3) is 0.121. The van der Waals surface area contributed by atoms with Crippen molar-refractivity contribution in [1.29, 1.82) is 0 Å². The van der Waals surface area contributed by atoms with Crippen LogP contribution in [0.5, 0.6) is 0 Å². The van der Waals surface area contributed by atoms with Crippen LogP contribution in [0.2, 0.25) is 0 Å². The summed E-state index contributed by atoms with van der Waals surface area (Å²) in [6, 6.07) is 73.8. The number of rotatable bonds is 5. The molecule has 0 N–H and O–H groups in total. The van der Waals surface area contributed by atoms with Crippen molar-refractivity contribution in [3.8, 4) is 67.5 Å². The van der Waals surface area contributed by atoms with E-state index < -0.39 is 0 Å². The third-order valence-electron chi connectivity index (χ3n) is 15.4. The molecule has 5 heteroatoms. The maximum absolute atomic E-state index is 5.50. The van der Waals surface area contributed by atoms with E-state index in [9.17, 15) is 0 Å². The molecule has 2 aliphatic heterocycles. The van der Waals surface area contributed by atoms with Gasteiger partial charge in [0.15, 0.2) is 5.82 Å². The lowest BCUT2D eigenvalue weighted by Crippen LogP contribution is -2.59. The highest BCUT2D eigenvalue weighted by atomic mass is 15.0. The molecule has 0 spiro atoms. The molecule has 0 fully saturated rings. The Hall–Kier alpha value is -8.28. The number of fused-ring (bicyclic) bond motifs is 10. The fourth-order valence-corrected chi connectivity index (χ4v) is 12.2. The molecule has 9 aromatic carbocycles. The molecule has 14 rings (SSSR count). The van der Waals surface area contributed by atoms with Crippen molar-refractivity contribution in [3.63, 3.8) is 0 Å². The van der Waals surface area contributed by atoms with Crippen molar-refractivity contribution in [2.45, 2.75) is 52.4 Å². The van der Waals surface area contributed by atoms with Crippen LogP contribution in [0.4, 0.5) is 0 Å². The van der Waals surface area contributed by atoms with Gasteiger partial charge >= 0.3 is 0 Å². The lowest BCUT2D eigenvalue weighted by atomic mass is 9.34. The fourth-order valence-electron chi connectivity index (χ4n) is 12.2. The third-order valence-corrected chi connectivity index (χ3v) is 15.4. The molecule has 12 aromatic rings. The highest BCUT2D eigenvalue weighted by Crippen LogP contribution is 2.46. The molecule has 0 saturated heterocycles.